The molecule has 25 heavy (non-hydrogen) atoms. The van der Waals surface area contributed by atoms with Crippen LogP contribution in [0.2, 0.25) is 0 Å². The molecule has 154 valence electrons. The molecule has 0 aliphatic heterocycles. The molecule has 0 radical (unpaired) electrons. The monoisotopic (exact) mass is 382 g/mol. The molecular formula is C19H44NO4S+. The molecule has 0 heterocycles. The first kappa shape index (κ1) is 27.1. The minimum Gasteiger partial charge on any atom is -0.396 e. The molecule has 0 fully saturated rings. The second-order valence-corrected chi connectivity index (χ2v) is 8.59. The lowest BCUT2D eigenvalue weighted by Gasteiger charge is -2.39. The van der Waals surface area contributed by atoms with E-state index < -0.39 is 10.1 Å². The Labute approximate surface area is 157 Å². The fraction of sp³-hybridized carbons (Fsp3) is 1.00. The van der Waals surface area contributed by atoms with Crippen molar-refractivity contribution in [3.63, 3.8) is 0 Å². The van der Waals surface area contributed by atoms with Gasteiger partial charge in [-0.05, 0) is 32.1 Å². The van der Waals surface area contributed by atoms with Gasteiger partial charge in [0.25, 0.3) is 10.1 Å². The van der Waals surface area contributed by atoms with Gasteiger partial charge in [0.15, 0.2) is 0 Å². The molecule has 0 aromatic carbocycles. The van der Waals surface area contributed by atoms with Crippen molar-refractivity contribution in [1.82, 2.24) is 0 Å². The summed E-state index contributed by atoms with van der Waals surface area (Å²) in [7, 11) is -3.85. The number of aliphatic hydroxyl groups excluding tert-OH is 1. The van der Waals surface area contributed by atoms with Gasteiger partial charge in [0.05, 0.1) is 31.9 Å². The van der Waals surface area contributed by atoms with Crippen LogP contribution in [0.4, 0.5) is 0 Å². The van der Waals surface area contributed by atoms with E-state index in [1.165, 1.54) is 82.0 Å². The molecular weight excluding hydrogens is 338 g/mol. The number of unbranched alkanes of at least 4 members (excludes halogenated alkanes) is 4. The van der Waals surface area contributed by atoms with E-state index in [4.69, 9.17) is 9.66 Å². The van der Waals surface area contributed by atoms with Gasteiger partial charge in [-0.2, -0.15) is 8.42 Å². The van der Waals surface area contributed by atoms with Gasteiger partial charge in [0.1, 0.15) is 0 Å². The Kier molecular flexibility index (Phi) is 18.7. The number of aliphatic hydroxyl groups is 1. The van der Waals surface area contributed by atoms with Crippen LogP contribution in [0.25, 0.3) is 0 Å². The standard InChI is InChI=1S/C16H36N.C3H8O4S/c1-5-9-13-17(14-10-6-2,15-11-7-3)16-12-8-4;4-2-1-3-8(5,6)7/h5-16H2,1-4H3;4H,1-3H2,(H,5,6,7)/q+1;. The van der Waals surface area contributed by atoms with Crippen molar-refractivity contribution in [3.05, 3.63) is 0 Å². The molecule has 0 amide bonds. The van der Waals surface area contributed by atoms with Crippen LogP contribution >= 0.6 is 0 Å². The van der Waals surface area contributed by atoms with E-state index in [0.717, 1.165) is 0 Å². The largest absolute Gasteiger partial charge is 0.396 e. The Morgan fingerprint density at radius 3 is 1.16 bits per heavy atom. The van der Waals surface area contributed by atoms with E-state index in [1.54, 1.807) is 0 Å². The average Bonchev–Trinajstić information content (AvgIpc) is 2.58. The molecule has 0 bridgehead atoms. The second-order valence-electron chi connectivity index (χ2n) is 7.01. The first-order chi connectivity index (χ1) is 11.8. The Balaban J connectivity index is 0. The first-order valence-corrected chi connectivity index (χ1v) is 11.8. The van der Waals surface area contributed by atoms with Gasteiger partial charge < -0.3 is 9.59 Å². The average molecular weight is 383 g/mol. The van der Waals surface area contributed by atoms with E-state index in [-0.39, 0.29) is 18.8 Å². The lowest BCUT2D eigenvalue weighted by Crippen LogP contribution is -2.50. The highest BCUT2D eigenvalue weighted by Crippen LogP contribution is 2.16. The molecule has 0 unspecified atom stereocenters. The van der Waals surface area contributed by atoms with Crippen LogP contribution in [-0.2, 0) is 10.1 Å². The molecule has 0 aliphatic rings. The van der Waals surface area contributed by atoms with Crippen LogP contribution in [0.3, 0.4) is 0 Å². The molecule has 0 rings (SSSR count). The highest BCUT2D eigenvalue weighted by molar-refractivity contribution is 7.85. The van der Waals surface area contributed by atoms with E-state index in [2.05, 4.69) is 27.7 Å². The fourth-order valence-corrected chi connectivity index (χ4v) is 3.39. The SMILES string of the molecule is CCCC[N+](CCCC)(CCCC)CCCC.O=S(=O)(O)CCCO. The number of hydrogen-bond donors (Lipinski definition) is 2. The maximum absolute atomic E-state index is 9.83. The van der Waals surface area contributed by atoms with Crippen LogP contribution in [0.1, 0.15) is 85.5 Å². The van der Waals surface area contributed by atoms with Gasteiger partial charge in [-0.1, -0.05) is 53.4 Å². The topological polar surface area (TPSA) is 74.6 Å². The summed E-state index contributed by atoms with van der Waals surface area (Å²) < 4.78 is 29.1. The highest BCUT2D eigenvalue weighted by Gasteiger charge is 2.24. The molecule has 0 saturated carbocycles. The number of rotatable bonds is 15. The van der Waals surface area contributed by atoms with Crippen LogP contribution in [0.5, 0.6) is 0 Å². The van der Waals surface area contributed by atoms with Crippen LogP contribution < -0.4 is 0 Å². The van der Waals surface area contributed by atoms with Gasteiger partial charge in [-0.25, -0.2) is 0 Å². The fourth-order valence-electron chi connectivity index (χ4n) is 2.89. The quantitative estimate of drug-likeness (QED) is 0.328. The first-order valence-electron chi connectivity index (χ1n) is 10.2. The Morgan fingerprint density at radius 1 is 0.680 bits per heavy atom. The summed E-state index contributed by atoms with van der Waals surface area (Å²) in [6.45, 7) is 14.8. The Morgan fingerprint density at radius 2 is 1.00 bits per heavy atom. The lowest BCUT2D eigenvalue weighted by atomic mass is 10.1. The minimum absolute atomic E-state index is 0.0961. The van der Waals surface area contributed by atoms with Crippen LogP contribution in [0, 0.1) is 0 Å². The predicted molar refractivity (Wildman–Crippen MR) is 107 cm³/mol. The molecule has 6 heteroatoms. The maximum atomic E-state index is 9.83. The zero-order chi connectivity index (χ0) is 19.6. The lowest BCUT2D eigenvalue weighted by molar-refractivity contribution is -0.929. The molecule has 0 atom stereocenters. The third-order valence-electron chi connectivity index (χ3n) is 4.50. The van der Waals surface area contributed by atoms with Crippen molar-refractivity contribution >= 4 is 10.1 Å². The van der Waals surface area contributed by atoms with Gasteiger partial charge in [-0.15, -0.1) is 0 Å². The minimum atomic E-state index is -3.85. The predicted octanol–water partition coefficient (Wildman–Crippen LogP) is 4.26. The van der Waals surface area contributed by atoms with Crippen LogP contribution in [0.15, 0.2) is 0 Å². The molecule has 5 nitrogen and oxygen atoms in total. The van der Waals surface area contributed by atoms with Crippen molar-refractivity contribution < 1.29 is 22.6 Å². The third-order valence-corrected chi connectivity index (χ3v) is 5.31. The van der Waals surface area contributed by atoms with Gasteiger partial charge in [0.2, 0.25) is 0 Å². The van der Waals surface area contributed by atoms with Gasteiger partial charge >= 0.3 is 0 Å². The van der Waals surface area contributed by atoms with Crippen molar-refractivity contribution in [3.8, 4) is 0 Å². The van der Waals surface area contributed by atoms with Crippen molar-refractivity contribution in [2.24, 2.45) is 0 Å². The van der Waals surface area contributed by atoms with Gasteiger partial charge in [0, 0.05) is 6.61 Å². The number of quaternary nitrogens is 1. The highest BCUT2D eigenvalue weighted by atomic mass is 32.2. The zero-order valence-electron chi connectivity index (χ0n) is 17.2. The molecule has 0 spiro atoms. The second kappa shape index (κ2) is 17.3. The number of nitrogens with zero attached hydrogens (tertiary/aromatic N) is 1. The van der Waals surface area contributed by atoms with E-state index in [9.17, 15) is 8.42 Å². The van der Waals surface area contributed by atoms with E-state index in [0.29, 0.717) is 0 Å². The van der Waals surface area contributed by atoms with Crippen molar-refractivity contribution in [2.75, 3.05) is 38.5 Å². The summed E-state index contributed by atoms with van der Waals surface area (Å²) in [4.78, 5) is 0. The zero-order valence-corrected chi connectivity index (χ0v) is 18.0. The van der Waals surface area contributed by atoms with Crippen molar-refractivity contribution in [1.29, 1.82) is 0 Å². The molecule has 2 N–H and O–H groups in total. The molecule has 0 saturated heterocycles. The van der Waals surface area contributed by atoms with E-state index in [1.807, 2.05) is 0 Å². The molecule has 0 aliphatic carbocycles. The maximum Gasteiger partial charge on any atom is 0.264 e. The third kappa shape index (κ3) is 18.4. The summed E-state index contributed by atoms with van der Waals surface area (Å²) in [5.74, 6) is -0.358. The summed E-state index contributed by atoms with van der Waals surface area (Å²) in [6, 6.07) is 0. The summed E-state index contributed by atoms with van der Waals surface area (Å²) in [6.07, 6.45) is 11.2. The Bertz CT molecular complexity index is 334. The van der Waals surface area contributed by atoms with Crippen molar-refractivity contribution in [2.45, 2.75) is 85.5 Å². The summed E-state index contributed by atoms with van der Waals surface area (Å²) in [5, 5.41) is 8.05. The van der Waals surface area contributed by atoms with Gasteiger partial charge in [-0.3, -0.25) is 4.55 Å². The molecule has 0 aromatic heterocycles. The van der Waals surface area contributed by atoms with E-state index >= 15 is 0 Å². The molecule has 0 aromatic rings. The summed E-state index contributed by atoms with van der Waals surface area (Å²) >= 11 is 0. The smallest absolute Gasteiger partial charge is 0.264 e. The number of hydrogen-bond acceptors (Lipinski definition) is 3. The Hall–Kier alpha value is -0.170. The normalized spacial score (nSPS) is 11.9. The summed E-state index contributed by atoms with van der Waals surface area (Å²) in [5.41, 5.74) is 0. The van der Waals surface area contributed by atoms with Crippen LogP contribution in [-0.4, -0.2) is 61.1 Å².